The van der Waals surface area contributed by atoms with Crippen molar-refractivity contribution in [2.45, 2.75) is 197 Å². The van der Waals surface area contributed by atoms with E-state index in [0.29, 0.717) is 35.8 Å². The minimum Gasteiger partial charge on any atom is -0.481 e. The van der Waals surface area contributed by atoms with Gasteiger partial charge in [-0.15, -0.1) is 0 Å². The molecule has 0 saturated carbocycles. The number of carbonyl (C=O) groups is 9. The first-order chi connectivity index (χ1) is 56.0. The topological polar surface area (TPSA) is 559 Å². The molecule has 5 unspecified atom stereocenters. The minimum absolute atomic E-state index is 0.0239. The van der Waals surface area contributed by atoms with Crippen molar-refractivity contribution in [3.05, 3.63) is 142 Å². The lowest BCUT2D eigenvalue weighted by Gasteiger charge is -2.38. The van der Waals surface area contributed by atoms with Crippen LogP contribution in [0.1, 0.15) is 126 Å². The number of rotatable bonds is 40. The summed E-state index contributed by atoms with van der Waals surface area (Å²) in [4.78, 5) is 155. The van der Waals surface area contributed by atoms with E-state index in [0.717, 1.165) is 28.1 Å². The number of guanidine groups is 1. The summed E-state index contributed by atoms with van der Waals surface area (Å²) < 4.78 is 72.5. The Balaban J connectivity index is 0.819. The van der Waals surface area contributed by atoms with Crippen LogP contribution in [0, 0.1) is 24.7 Å². The number of aryl methyl sites for hydroxylation is 1. The number of benzene rings is 2. The number of cyclic esters (lactones) is 1. The Kier molecular flexibility index (Phi) is 32.2. The number of anilines is 2. The number of hydrogen-bond donors (Lipinski definition) is 12. The van der Waals surface area contributed by atoms with Gasteiger partial charge >= 0.3 is 29.8 Å². The maximum absolute atomic E-state index is 14.5. The zero-order valence-electron chi connectivity index (χ0n) is 66.8. The summed E-state index contributed by atoms with van der Waals surface area (Å²) in [5.41, 5.74) is 18.3. The van der Waals surface area contributed by atoms with Crippen LogP contribution >= 0.6 is 11.8 Å². The lowest BCUT2D eigenvalue weighted by Crippen LogP contribution is -2.56. The number of aliphatic imine (C=N–C) groups is 1. The van der Waals surface area contributed by atoms with Crippen molar-refractivity contribution in [2.24, 2.45) is 34.2 Å². The van der Waals surface area contributed by atoms with Crippen molar-refractivity contribution in [1.29, 1.82) is 0 Å². The molecule has 0 aliphatic carbocycles. The van der Waals surface area contributed by atoms with Crippen LogP contribution in [0.15, 0.2) is 123 Å². The number of aromatic nitrogens is 5. The molecule has 3 fully saturated rings. The minimum atomic E-state index is -3.89. The maximum atomic E-state index is 14.5. The standard InChI is InChI=1S/C79H104N14O22S2Si/c1-43(33-51-41-110-47(5)86-51)15-12-16-45(3)67(109-7)46(4)59-38-62(79(6)61(114-79)26-20-44(2)58-34-48(36-65(97)111-58)35-60-68(112-60)76(106)113-59)115-118(8,53-17-10-9-11-18-53)32-14-30-117(107,108)31-29-116-42-57(75(104)105)91-72(100)56(37-64(95)96)90-71(99)54(19-13-28-83-77(80)81)88-63(94)27-25-55(74(102)103)89-70(98)49-21-23-50(24-22-49)84-39-52-40-85-69-66(87-52)73(101)93-78(82)92-69/h9-12,15-18,20-24,26,33,40-41,44,46,48,54-62,67-68,84H,13-14,19,25,27-32,34-39,42H2,1-8H3,(H,88,94)(H,89,98)(H,90,99)(H,91,100)(H,95,96)(H,102,103)(H,104,105)(H4,80,81,83)(H3,82,85,92,93,101)/t44-,46+,48+,54?,55?,56?,57?,58-,59+,60+,61-,62+,67+,68-,79+,118?/m1/s1. The van der Waals surface area contributed by atoms with E-state index in [1.807, 2.05) is 108 Å². The zero-order valence-corrected chi connectivity index (χ0v) is 69.4. The largest absolute Gasteiger partial charge is 0.481 e. The number of methoxy groups -OCH3 is 1. The summed E-state index contributed by atoms with van der Waals surface area (Å²) in [6.07, 6.45) is 9.03. The molecule has 4 aliphatic rings. The highest BCUT2D eigenvalue weighted by atomic mass is 32.2. The van der Waals surface area contributed by atoms with Crippen molar-refractivity contribution < 1.29 is 99.4 Å². The van der Waals surface area contributed by atoms with Crippen molar-refractivity contribution in [3.63, 3.8) is 0 Å². The van der Waals surface area contributed by atoms with E-state index in [1.165, 1.54) is 30.5 Å². The fourth-order valence-electron chi connectivity index (χ4n) is 14.2. The molecule has 16 atom stereocenters. The Bertz CT molecular complexity index is 4770. The summed E-state index contributed by atoms with van der Waals surface area (Å²) in [7, 11) is -5.62. The van der Waals surface area contributed by atoms with Crippen LogP contribution < -0.4 is 54.5 Å². The molecular formula is C79H104N14O22S2Si. The molecule has 638 valence electrons. The second-order valence-electron chi connectivity index (χ2n) is 30.3. The number of aromatic amines is 1. The number of nitrogen functional groups attached to an aromatic ring is 1. The Morgan fingerprint density at radius 3 is 2.26 bits per heavy atom. The van der Waals surface area contributed by atoms with Crippen molar-refractivity contribution in [2.75, 3.05) is 47.7 Å². The highest BCUT2D eigenvalue weighted by Gasteiger charge is 2.60. The quantitative estimate of drug-likeness (QED) is 0.00385. The van der Waals surface area contributed by atoms with Crippen molar-refractivity contribution >= 4 is 123 Å². The number of H-pyrrole nitrogens is 1. The maximum Gasteiger partial charge on any atom is 0.338 e. The monoisotopic (exact) mass is 1690 g/mol. The number of carboxylic acid groups (broad SMARTS) is 3. The fourth-order valence-corrected chi connectivity index (χ4v) is 20.6. The van der Waals surface area contributed by atoms with Gasteiger partial charge in [0.05, 0.1) is 54.7 Å². The molecule has 3 aromatic heterocycles. The molecule has 3 saturated heterocycles. The molecule has 0 spiro atoms. The number of sulfone groups is 1. The summed E-state index contributed by atoms with van der Waals surface area (Å²) >= 11 is 0.878. The van der Waals surface area contributed by atoms with E-state index in [1.54, 1.807) is 20.3 Å². The normalized spacial score (nSPS) is 22.9. The molecule has 7 heterocycles. The lowest BCUT2D eigenvalue weighted by atomic mass is 9.84. The zero-order chi connectivity index (χ0) is 85.8. The van der Waals surface area contributed by atoms with E-state index in [-0.39, 0.29) is 109 Å². The Morgan fingerprint density at radius 1 is 0.864 bits per heavy atom. The van der Waals surface area contributed by atoms with Gasteiger partial charge < -0.3 is 91.6 Å². The average Bonchev–Trinajstić information content (AvgIpc) is 1.58. The van der Waals surface area contributed by atoms with Gasteiger partial charge in [0.2, 0.25) is 32.0 Å². The summed E-state index contributed by atoms with van der Waals surface area (Å²) in [6.45, 7) is 13.5. The number of epoxide rings is 2. The van der Waals surface area contributed by atoms with Gasteiger partial charge in [0.25, 0.3) is 11.5 Å². The second-order valence-corrected chi connectivity index (χ2v) is 37.5. The molecule has 118 heavy (non-hydrogen) atoms. The molecule has 4 amide bonds. The predicted octanol–water partition coefficient (Wildman–Crippen LogP) is 4.04. The third-order valence-corrected chi connectivity index (χ3v) is 27.6. The number of amides is 4. The molecule has 4 aliphatic heterocycles. The molecule has 2 bridgehead atoms. The average molecular weight is 1690 g/mol. The van der Waals surface area contributed by atoms with Crippen LogP contribution in [0.3, 0.4) is 0 Å². The molecular weight excluding hydrogens is 1590 g/mol. The van der Waals surface area contributed by atoms with Crippen LogP contribution in [0.4, 0.5) is 11.6 Å². The van der Waals surface area contributed by atoms with Gasteiger partial charge in [0.15, 0.2) is 39.0 Å². The smallest absolute Gasteiger partial charge is 0.338 e. The first kappa shape index (κ1) is 91.2. The van der Waals surface area contributed by atoms with Crippen molar-refractivity contribution in [3.8, 4) is 0 Å². The predicted molar refractivity (Wildman–Crippen MR) is 438 cm³/mol. The van der Waals surface area contributed by atoms with E-state index in [9.17, 15) is 71.7 Å². The number of thioether (sulfide) groups is 1. The van der Waals surface area contributed by atoms with E-state index < -0.39 is 180 Å². The van der Waals surface area contributed by atoms with Crippen LogP contribution in [0.5, 0.6) is 0 Å². The molecule has 5 aromatic rings. The third kappa shape index (κ3) is 26.6. The van der Waals surface area contributed by atoms with E-state index >= 15 is 0 Å². The van der Waals surface area contributed by atoms with Crippen LogP contribution in [0.25, 0.3) is 17.2 Å². The Labute approximate surface area is 686 Å². The lowest BCUT2D eigenvalue weighted by molar-refractivity contribution is -0.159. The van der Waals surface area contributed by atoms with Gasteiger partial charge in [-0.05, 0) is 124 Å². The Hall–Kier alpha value is -10.7. The molecule has 9 rings (SSSR count). The Morgan fingerprint density at radius 2 is 1.58 bits per heavy atom. The summed E-state index contributed by atoms with van der Waals surface area (Å²) in [5, 5.41) is 43.6. The number of carbonyl (C=O) groups excluding carboxylic acids is 6. The molecule has 36 nitrogen and oxygen atoms in total. The number of esters is 2. The van der Waals surface area contributed by atoms with Crippen LogP contribution in [0.2, 0.25) is 12.6 Å². The molecule has 2 aromatic carbocycles. The number of hydrogen-bond acceptors (Lipinski definition) is 27. The second kappa shape index (κ2) is 41.6. The van der Waals surface area contributed by atoms with Gasteiger partial charge in [0, 0.05) is 74.4 Å². The van der Waals surface area contributed by atoms with Crippen molar-refractivity contribution in [1.82, 2.24) is 46.2 Å². The number of nitrogens with zero attached hydrogens (tertiary/aromatic N) is 5. The molecule has 39 heteroatoms. The number of fused-ring (bicyclic) bond motifs is 5. The van der Waals surface area contributed by atoms with Gasteiger partial charge in [-0.3, -0.25) is 43.5 Å². The van der Waals surface area contributed by atoms with Gasteiger partial charge in [0.1, 0.15) is 60.0 Å². The number of aliphatic carboxylic acids is 3. The van der Waals surface area contributed by atoms with Gasteiger partial charge in [-0.25, -0.2) is 37.8 Å². The third-order valence-electron chi connectivity index (χ3n) is 20.9. The number of carboxylic acids is 3. The summed E-state index contributed by atoms with van der Waals surface area (Å²) in [5.74, 6) is -11.7. The SMILES string of the molecule is CO[C@@H](C(C)=CC=CC(C)=Cc1coc(C)n1)[C@@H](C)[C@@H]1C[C@H](O[Si](C)(CCCS(=O)(=O)CCSCC(NC(=O)C(CC(=O)O)NC(=O)C(CCCN=C(N)N)NC(=O)CCC(NC(=O)c2ccc(NCc3cnc4nc(N)[nH]c(=O)c4n3)cc2)C(=O)O)C(=O)O)c2ccccc2)[C@@]2(C)O[C@@H]2C=C[C@@H](C)[C@H]2C[C@H](CC(=O)O2)C[C@@H]2O[C@H]2C(=O)O1. The fraction of sp³-hybridized carbons (Fsp3) is 0.506. The van der Waals surface area contributed by atoms with Crippen LogP contribution in [-0.4, -0.2) is 226 Å². The van der Waals surface area contributed by atoms with E-state index in [4.69, 9.17) is 49.7 Å². The first-order valence-corrected chi connectivity index (χ1v) is 44.3. The number of nitrogens with one attached hydrogen (secondary N) is 6. The van der Waals surface area contributed by atoms with Gasteiger partial charge in [-0.1, -0.05) is 74.6 Å². The van der Waals surface area contributed by atoms with Crippen LogP contribution in [-0.2, 0) is 82.8 Å². The summed E-state index contributed by atoms with van der Waals surface area (Å²) in [6, 6.07) is 8.69. The first-order valence-electron chi connectivity index (χ1n) is 38.7. The number of allylic oxidation sites excluding steroid dienone is 4. The van der Waals surface area contributed by atoms with Gasteiger partial charge in [-0.2, -0.15) is 16.7 Å². The number of nitrogens with two attached hydrogens (primary N) is 3. The highest BCUT2D eigenvalue weighted by molar-refractivity contribution is 8.00. The number of ether oxygens (including phenoxy) is 5. The molecule has 0 radical (unpaired) electrons. The molecule has 15 N–H and O–H groups in total. The van der Waals surface area contributed by atoms with E-state index in [2.05, 4.69) is 56.5 Å². The highest BCUT2D eigenvalue weighted by Crippen LogP contribution is 2.47. The number of oxazole rings is 1.